The van der Waals surface area contributed by atoms with E-state index in [9.17, 15) is 23.4 Å². The van der Waals surface area contributed by atoms with Gasteiger partial charge in [0.05, 0.1) is 0 Å². The van der Waals surface area contributed by atoms with Crippen LogP contribution in [0.25, 0.3) is 0 Å². The van der Waals surface area contributed by atoms with E-state index in [0.717, 1.165) is 6.20 Å². The molecule has 1 aromatic heterocycles. The Morgan fingerprint density at radius 2 is 1.68 bits per heavy atom. The van der Waals surface area contributed by atoms with Gasteiger partial charge < -0.3 is 0 Å². The van der Waals surface area contributed by atoms with Crippen LogP contribution >= 0.6 is 23.5 Å². The van der Waals surface area contributed by atoms with Crippen LogP contribution in [-0.2, 0) is 22.3 Å². The number of nitrogens with zero attached hydrogens (tertiary/aromatic N) is 2. The van der Waals surface area contributed by atoms with Gasteiger partial charge in [0.2, 0.25) is 0 Å². The van der Waals surface area contributed by atoms with Crippen LogP contribution in [0.2, 0.25) is 0 Å². The van der Waals surface area contributed by atoms with E-state index in [1.807, 2.05) is 0 Å². The number of phosphoric acid groups is 3. The van der Waals surface area contributed by atoms with Gasteiger partial charge in [-0.3, -0.25) is 0 Å². The summed E-state index contributed by atoms with van der Waals surface area (Å²) in [4.78, 5) is 49.6. The van der Waals surface area contributed by atoms with Gasteiger partial charge in [0.15, 0.2) is 0 Å². The van der Waals surface area contributed by atoms with Crippen molar-refractivity contribution < 1.29 is 46.5 Å². The molecule has 22 heavy (non-hydrogen) atoms. The van der Waals surface area contributed by atoms with E-state index in [1.165, 1.54) is 6.92 Å². The molecule has 0 aromatic carbocycles. The summed E-state index contributed by atoms with van der Waals surface area (Å²) in [5, 5.41) is 0. The molecule has 2 unspecified atom stereocenters. The van der Waals surface area contributed by atoms with E-state index < -0.39 is 29.2 Å². The van der Waals surface area contributed by atoms with Gasteiger partial charge in [0.25, 0.3) is 0 Å². The second kappa shape index (κ2) is 6.64. The normalized spacial score (nSPS) is 17.5. The van der Waals surface area contributed by atoms with Gasteiger partial charge in [0.1, 0.15) is 0 Å². The fourth-order valence-corrected chi connectivity index (χ4v) is 4.21. The minimum atomic E-state index is -5.65. The summed E-state index contributed by atoms with van der Waals surface area (Å²) in [7, 11) is -16.6. The Hall–Kier alpha value is -0.351. The zero-order chi connectivity index (χ0) is 17.3. The topological polar surface area (TPSA) is 195 Å². The van der Waals surface area contributed by atoms with E-state index in [2.05, 4.69) is 34.2 Å². The predicted octanol–water partition coefficient (Wildman–Crippen LogP) is -1.90. The third-order valence-corrected chi connectivity index (χ3v) is 6.22. The first-order valence-electron chi connectivity index (χ1n) is 4.82. The van der Waals surface area contributed by atoms with Crippen molar-refractivity contribution in [1.82, 2.24) is 9.71 Å². The first kappa shape index (κ1) is 19.7. The zero-order valence-electron chi connectivity index (χ0n) is 10.4. The van der Waals surface area contributed by atoms with Crippen LogP contribution in [0, 0.1) is 6.92 Å². The van der Waals surface area contributed by atoms with E-state index >= 15 is 0 Å². The Bertz CT molecular complexity index is 769. The zero-order valence-corrected chi connectivity index (χ0v) is 14.8. The Kier molecular flexibility index (Phi) is 5.95. The average Bonchev–Trinajstić information content (AvgIpc) is 2.19. The summed E-state index contributed by atoms with van der Waals surface area (Å²) in [6, 6.07) is 0. The van der Waals surface area contributed by atoms with Crippen LogP contribution in [0.4, 0.5) is 0 Å². The van der Waals surface area contributed by atoms with Crippen molar-refractivity contribution in [3.8, 4) is 0 Å². The number of hydrogen-bond donors (Lipinski definition) is 4. The molecule has 0 saturated heterocycles. The average molecular weight is 444 g/mol. The molecule has 0 aliphatic carbocycles. The van der Waals surface area contributed by atoms with Crippen LogP contribution in [0.3, 0.4) is 0 Å². The molecule has 17 heteroatoms. The molecule has 125 valence electrons. The Morgan fingerprint density at radius 1 is 1.14 bits per heavy atom. The molecule has 1 heterocycles. The van der Waals surface area contributed by atoms with Gasteiger partial charge >= 0.3 is 129 Å². The van der Waals surface area contributed by atoms with Crippen LogP contribution < -0.4 is 14.9 Å². The summed E-state index contributed by atoms with van der Waals surface area (Å²) < 4.78 is 44.4. The third kappa shape index (κ3) is 6.41. The number of aromatic nitrogens is 2. The van der Waals surface area contributed by atoms with Crippen molar-refractivity contribution in [1.29, 1.82) is 0 Å². The minimum absolute atomic E-state index is 0.133. The fourth-order valence-electron chi connectivity index (χ4n) is 0.975. The number of hydrogen-bond acceptors (Lipinski definition) is 8. The van der Waals surface area contributed by atoms with Gasteiger partial charge in [-0.2, -0.15) is 0 Å². The monoisotopic (exact) mass is 445 g/mol. The molecule has 1 radical (unpaired) electrons. The van der Waals surface area contributed by atoms with E-state index in [1.54, 1.807) is 0 Å². The summed E-state index contributed by atoms with van der Waals surface area (Å²) in [6.07, 6.45) is 0.916. The molecule has 0 spiro atoms. The molecule has 0 bridgehead atoms. The molecule has 4 N–H and O–H groups in total. The van der Waals surface area contributed by atoms with Crippen molar-refractivity contribution in [2.45, 2.75) is 6.92 Å². The molecule has 2 atom stereocenters. The quantitative estimate of drug-likeness (QED) is 0.282. The SMILES string of the molecule is Cc1cn(OP(=O)(O)OP(=O)(O)OP(=O)(O)O)c(=O)nc1[Se]. The van der Waals surface area contributed by atoms with Crippen LogP contribution in [0.1, 0.15) is 5.56 Å². The Balaban J connectivity index is 3.00. The summed E-state index contributed by atoms with van der Waals surface area (Å²) in [5.74, 6) is 0. The molecule has 0 fully saturated rings. The third-order valence-electron chi connectivity index (χ3n) is 1.64. The predicted molar refractivity (Wildman–Crippen MR) is 69.1 cm³/mol. The molecule has 0 amide bonds. The van der Waals surface area contributed by atoms with Crippen LogP contribution in [0.15, 0.2) is 11.0 Å². The van der Waals surface area contributed by atoms with Crippen molar-refractivity contribution >= 4 is 44.1 Å². The summed E-state index contributed by atoms with van der Waals surface area (Å²) in [6.45, 7) is 1.45. The first-order chi connectivity index (χ1) is 9.71. The Labute approximate surface area is 130 Å². The molecule has 0 aliphatic rings. The first-order valence-corrected chi connectivity index (χ1v) is 10.2. The van der Waals surface area contributed by atoms with Gasteiger partial charge in [-0.15, -0.1) is 0 Å². The van der Waals surface area contributed by atoms with Gasteiger partial charge in [-0.1, -0.05) is 0 Å². The van der Waals surface area contributed by atoms with E-state index in [4.69, 9.17) is 14.7 Å². The second-order valence-corrected chi connectivity index (χ2v) is 8.65. The summed E-state index contributed by atoms with van der Waals surface area (Å²) in [5.41, 5.74) is -0.848. The maximum atomic E-state index is 11.5. The number of aryl methyl sites for hydroxylation is 1. The summed E-state index contributed by atoms with van der Waals surface area (Å²) >= 11 is 2.43. The second-order valence-electron chi connectivity index (χ2n) is 3.51. The van der Waals surface area contributed by atoms with Crippen LogP contribution in [-0.4, -0.2) is 45.3 Å². The molecular formula is C5H8N2O11P3Se. The fraction of sp³-hybridized carbons (Fsp3) is 0.200. The standard InChI is InChI=1S/C5H8N2O11P3Se/c1-3-2-7(5(8)6-4(3)22)16-20(12,13)18-21(14,15)17-19(9,10)11/h2H,1H3,(H,12,13)(H,14,15)(H2,9,10,11). The molecule has 1 aromatic rings. The number of rotatable bonds is 6. The van der Waals surface area contributed by atoms with E-state index in [0.29, 0.717) is 5.56 Å². The maximum absolute atomic E-state index is 11.5. The van der Waals surface area contributed by atoms with Crippen molar-refractivity contribution in [2.75, 3.05) is 0 Å². The van der Waals surface area contributed by atoms with Crippen molar-refractivity contribution in [3.05, 3.63) is 22.2 Å². The molecular weight excluding hydrogens is 436 g/mol. The van der Waals surface area contributed by atoms with Gasteiger partial charge in [-0.25, -0.2) is 0 Å². The molecule has 13 nitrogen and oxygen atoms in total. The van der Waals surface area contributed by atoms with Crippen molar-refractivity contribution in [3.63, 3.8) is 0 Å². The Morgan fingerprint density at radius 3 is 2.18 bits per heavy atom. The molecule has 0 aliphatic heterocycles. The van der Waals surface area contributed by atoms with Gasteiger partial charge in [0, 0.05) is 0 Å². The van der Waals surface area contributed by atoms with Gasteiger partial charge in [-0.05, 0) is 0 Å². The van der Waals surface area contributed by atoms with Crippen molar-refractivity contribution in [2.24, 2.45) is 0 Å². The van der Waals surface area contributed by atoms with E-state index in [-0.39, 0.29) is 9.32 Å². The molecule has 1 rings (SSSR count). The van der Waals surface area contributed by atoms with Crippen LogP contribution in [0.5, 0.6) is 0 Å². The molecule has 0 saturated carbocycles.